The molecular weight excluding hydrogens is 408 g/mol. The normalized spacial score (nSPS) is 16.0. The topological polar surface area (TPSA) is 44.2 Å². The molecule has 33 heavy (non-hydrogen) atoms. The van der Waals surface area contributed by atoms with Gasteiger partial charge in [-0.05, 0) is 75.7 Å². The highest BCUT2D eigenvalue weighted by Crippen LogP contribution is 2.42. The second kappa shape index (κ2) is 8.22. The van der Waals surface area contributed by atoms with Crippen LogP contribution in [0.3, 0.4) is 0 Å². The number of aryl methyl sites for hydroxylation is 1. The Bertz CT molecular complexity index is 1490. The van der Waals surface area contributed by atoms with E-state index in [0.717, 1.165) is 29.4 Å². The molecule has 4 heteroatoms. The number of hydrogen-bond acceptors (Lipinski definition) is 4. The molecule has 0 amide bonds. The van der Waals surface area contributed by atoms with Gasteiger partial charge in [-0.3, -0.25) is 0 Å². The maximum absolute atomic E-state index is 5.56. The van der Waals surface area contributed by atoms with E-state index in [0.29, 0.717) is 5.92 Å². The Kier molecular flexibility index (Phi) is 5.05. The Morgan fingerprint density at radius 1 is 0.848 bits per heavy atom. The molecule has 0 bridgehead atoms. The molecule has 164 valence electrons. The molecule has 0 saturated heterocycles. The van der Waals surface area contributed by atoms with Crippen LogP contribution < -0.4 is 0 Å². The van der Waals surface area contributed by atoms with E-state index in [2.05, 4.69) is 64.6 Å². The summed E-state index contributed by atoms with van der Waals surface area (Å²) in [6, 6.07) is 21.9. The molecule has 1 unspecified atom stereocenters. The van der Waals surface area contributed by atoms with E-state index < -0.39 is 0 Å². The molecule has 1 aliphatic carbocycles. The standard InChI is InChI=1S/C29H26N2O2/c1-32-29(33-2)27-10-4-9-22-25-12-11-23-20(7-3-8-21(23)24(25)13-14-26(22)27)19-16-18-6-5-15-30-28(18)31-17-19/h4-6,9-17,20,29H,3,7-8H2,1-2H3. The highest BCUT2D eigenvalue weighted by molar-refractivity contribution is 6.10. The molecule has 0 spiro atoms. The second-order valence-electron chi connectivity index (χ2n) is 8.80. The van der Waals surface area contributed by atoms with Gasteiger partial charge in [0.05, 0.1) is 0 Å². The van der Waals surface area contributed by atoms with Gasteiger partial charge in [-0.15, -0.1) is 0 Å². The summed E-state index contributed by atoms with van der Waals surface area (Å²) >= 11 is 0. The van der Waals surface area contributed by atoms with Crippen molar-refractivity contribution in [1.29, 1.82) is 0 Å². The number of ether oxygens (including phenoxy) is 2. The minimum absolute atomic E-state index is 0.364. The number of hydrogen-bond donors (Lipinski definition) is 0. The third-order valence-corrected chi connectivity index (χ3v) is 7.09. The van der Waals surface area contributed by atoms with E-state index in [-0.39, 0.29) is 6.29 Å². The lowest BCUT2D eigenvalue weighted by molar-refractivity contribution is -0.105. The smallest absolute Gasteiger partial charge is 0.183 e. The first kappa shape index (κ1) is 20.3. The van der Waals surface area contributed by atoms with E-state index in [1.165, 1.54) is 44.7 Å². The fraction of sp³-hybridized carbons (Fsp3) is 0.241. The summed E-state index contributed by atoms with van der Waals surface area (Å²) in [7, 11) is 3.37. The van der Waals surface area contributed by atoms with Crippen LogP contribution >= 0.6 is 0 Å². The zero-order valence-corrected chi connectivity index (χ0v) is 18.9. The molecule has 2 aromatic heterocycles. The third kappa shape index (κ3) is 3.29. The average Bonchev–Trinajstić information content (AvgIpc) is 2.88. The molecule has 0 N–H and O–H groups in total. The monoisotopic (exact) mass is 434 g/mol. The molecule has 5 aromatic rings. The number of nitrogens with zero attached hydrogens (tertiary/aromatic N) is 2. The summed E-state index contributed by atoms with van der Waals surface area (Å²) in [6.07, 6.45) is 6.87. The van der Waals surface area contributed by atoms with E-state index in [4.69, 9.17) is 9.47 Å². The average molecular weight is 435 g/mol. The van der Waals surface area contributed by atoms with E-state index in [1.54, 1.807) is 20.4 Å². The summed E-state index contributed by atoms with van der Waals surface area (Å²) in [5.74, 6) is 0.364. The first-order valence-corrected chi connectivity index (χ1v) is 11.5. The molecule has 0 fully saturated rings. The number of methoxy groups -OCH3 is 2. The maximum atomic E-state index is 5.56. The van der Waals surface area contributed by atoms with Crippen molar-refractivity contribution in [2.24, 2.45) is 0 Å². The fourth-order valence-electron chi connectivity index (χ4n) is 5.60. The lowest BCUT2D eigenvalue weighted by atomic mass is 9.77. The number of aromatic nitrogens is 2. The maximum Gasteiger partial charge on any atom is 0.183 e. The van der Waals surface area contributed by atoms with Gasteiger partial charge in [0.2, 0.25) is 0 Å². The van der Waals surface area contributed by atoms with Crippen molar-refractivity contribution in [2.75, 3.05) is 14.2 Å². The Hall–Kier alpha value is -3.34. The first-order chi connectivity index (χ1) is 16.3. The SMILES string of the molecule is COC(OC)c1cccc2c1ccc1c3c(ccc12)C(c1cnc2ncccc2c1)CCC3. The van der Waals surface area contributed by atoms with Crippen molar-refractivity contribution in [1.82, 2.24) is 9.97 Å². The minimum atomic E-state index is -0.372. The van der Waals surface area contributed by atoms with Crippen molar-refractivity contribution in [3.8, 4) is 0 Å². The summed E-state index contributed by atoms with van der Waals surface area (Å²) in [5.41, 5.74) is 6.05. The fourth-order valence-corrected chi connectivity index (χ4v) is 5.60. The summed E-state index contributed by atoms with van der Waals surface area (Å²) in [4.78, 5) is 9.02. The molecule has 4 nitrogen and oxygen atoms in total. The quantitative estimate of drug-likeness (QED) is 0.233. The Labute approximate surface area is 193 Å². The van der Waals surface area contributed by atoms with Gasteiger partial charge in [0.25, 0.3) is 0 Å². The van der Waals surface area contributed by atoms with Crippen LogP contribution in [0.5, 0.6) is 0 Å². The zero-order valence-electron chi connectivity index (χ0n) is 18.9. The Balaban J connectivity index is 1.51. The van der Waals surface area contributed by atoms with Crippen LogP contribution in [0.1, 0.15) is 47.3 Å². The van der Waals surface area contributed by atoms with Gasteiger partial charge >= 0.3 is 0 Å². The minimum Gasteiger partial charge on any atom is -0.352 e. The van der Waals surface area contributed by atoms with Crippen molar-refractivity contribution in [2.45, 2.75) is 31.5 Å². The van der Waals surface area contributed by atoms with Gasteiger partial charge in [-0.1, -0.05) is 42.5 Å². The molecule has 1 atom stereocenters. The van der Waals surface area contributed by atoms with Gasteiger partial charge in [-0.25, -0.2) is 9.97 Å². The van der Waals surface area contributed by atoms with Crippen LogP contribution in [-0.2, 0) is 15.9 Å². The Morgan fingerprint density at radius 3 is 2.55 bits per heavy atom. The summed E-state index contributed by atoms with van der Waals surface area (Å²) in [5, 5.41) is 6.17. The first-order valence-electron chi connectivity index (χ1n) is 11.5. The molecule has 3 aromatic carbocycles. The third-order valence-electron chi connectivity index (χ3n) is 7.09. The largest absolute Gasteiger partial charge is 0.352 e. The number of rotatable bonds is 4. The Morgan fingerprint density at radius 2 is 1.67 bits per heavy atom. The summed E-state index contributed by atoms with van der Waals surface area (Å²) < 4.78 is 11.1. The molecular formula is C29H26N2O2. The van der Waals surface area contributed by atoms with Crippen molar-refractivity contribution in [3.05, 3.63) is 95.3 Å². The zero-order chi connectivity index (χ0) is 22.4. The molecule has 6 rings (SSSR count). The van der Waals surface area contributed by atoms with E-state index in [9.17, 15) is 0 Å². The molecule has 1 aliphatic rings. The van der Waals surface area contributed by atoms with Crippen LogP contribution in [0.15, 0.2) is 73.1 Å². The van der Waals surface area contributed by atoms with Gasteiger partial charge < -0.3 is 9.47 Å². The van der Waals surface area contributed by atoms with Crippen molar-refractivity contribution < 1.29 is 9.47 Å². The lowest BCUT2D eigenvalue weighted by Gasteiger charge is -2.27. The van der Waals surface area contributed by atoms with Gasteiger partial charge in [-0.2, -0.15) is 0 Å². The van der Waals surface area contributed by atoms with Crippen LogP contribution in [0.4, 0.5) is 0 Å². The van der Waals surface area contributed by atoms with E-state index >= 15 is 0 Å². The molecule has 0 aliphatic heterocycles. The number of benzene rings is 3. The molecule has 0 saturated carbocycles. The highest BCUT2D eigenvalue weighted by atomic mass is 16.7. The lowest BCUT2D eigenvalue weighted by Crippen LogP contribution is -2.12. The van der Waals surface area contributed by atoms with Gasteiger partial charge in [0.15, 0.2) is 11.9 Å². The van der Waals surface area contributed by atoms with Crippen LogP contribution in [0.2, 0.25) is 0 Å². The summed E-state index contributed by atoms with van der Waals surface area (Å²) in [6.45, 7) is 0. The second-order valence-corrected chi connectivity index (χ2v) is 8.80. The predicted octanol–water partition coefficient (Wildman–Crippen LogP) is 6.70. The van der Waals surface area contributed by atoms with Crippen molar-refractivity contribution >= 4 is 32.6 Å². The van der Waals surface area contributed by atoms with Crippen LogP contribution in [0, 0.1) is 0 Å². The highest BCUT2D eigenvalue weighted by Gasteiger charge is 2.24. The van der Waals surface area contributed by atoms with E-state index in [1.807, 2.05) is 12.3 Å². The number of fused-ring (bicyclic) bond motifs is 6. The molecule has 2 heterocycles. The number of pyridine rings is 2. The molecule has 0 radical (unpaired) electrons. The van der Waals surface area contributed by atoms with Gasteiger partial charge in [0.1, 0.15) is 0 Å². The van der Waals surface area contributed by atoms with Gasteiger partial charge in [0, 0.05) is 43.5 Å². The predicted molar refractivity (Wildman–Crippen MR) is 133 cm³/mol. The van der Waals surface area contributed by atoms with Crippen molar-refractivity contribution in [3.63, 3.8) is 0 Å². The van der Waals surface area contributed by atoms with Crippen LogP contribution in [-0.4, -0.2) is 24.2 Å². The van der Waals surface area contributed by atoms with Crippen LogP contribution in [0.25, 0.3) is 32.6 Å².